The summed E-state index contributed by atoms with van der Waals surface area (Å²) in [5, 5.41) is 13.0. The highest BCUT2D eigenvalue weighted by Gasteiger charge is 2.29. The van der Waals surface area contributed by atoms with Crippen molar-refractivity contribution in [2.45, 2.75) is 31.7 Å². The average molecular weight is 688 g/mol. The third kappa shape index (κ3) is 9.49. The van der Waals surface area contributed by atoms with Crippen LogP contribution in [0, 0.1) is 11.6 Å². The minimum Gasteiger partial charge on any atom is -0.445 e. The molecule has 51 heavy (non-hydrogen) atoms. The lowest BCUT2D eigenvalue weighted by Gasteiger charge is -2.29. The van der Waals surface area contributed by atoms with Crippen LogP contribution in [0.5, 0.6) is 0 Å². The van der Waals surface area contributed by atoms with Crippen LogP contribution < -0.4 is 10.6 Å². The van der Waals surface area contributed by atoms with Crippen LogP contribution >= 0.6 is 0 Å². The van der Waals surface area contributed by atoms with Crippen LogP contribution in [0.3, 0.4) is 0 Å². The molecule has 2 atom stereocenters. The number of alkyl carbamates (subject to hydrolysis) is 1. The van der Waals surface area contributed by atoms with Crippen molar-refractivity contribution in [1.82, 2.24) is 25.8 Å². The summed E-state index contributed by atoms with van der Waals surface area (Å²) in [6, 6.07) is 34.2. The van der Waals surface area contributed by atoms with Gasteiger partial charge in [0.05, 0.1) is 47.8 Å². The lowest BCUT2D eigenvalue weighted by molar-refractivity contribution is 0.0727. The number of carbonyl (C=O) groups excluding carboxylic acids is 2. The van der Waals surface area contributed by atoms with E-state index in [4.69, 9.17) is 9.47 Å². The second kappa shape index (κ2) is 17.0. The molecule has 2 amide bonds. The fraction of sp³-hybridized carbons (Fsp3) is 0.150. The van der Waals surface area contributed by atoms with E-state index in [9.17, 15) is 14.0 Å². The van der Waals surface area contributed by atoms with E-state index in [2.05, 4.69) is 25.8 Å². The van der Waals surface area contributed by atoms with Crippen LogP contribution in [0.2, 0.25) is 0 Å². The molecule has 6 aromatic rings. The van der Waals surface area contributed by atoms with Gasteiger partial charge in [0.2, 0.25) is 0 Å². The zero-order valence-corrected chi connectivity index (χ0v) is 27.5. The van der Waals surface area contributed by atoms with Gasteiger partial charge < -0.3 is 20.1 Å². The maximum Gasteiger partial charge on any atom is 0.407 e. The van der Waals surface area contributed by atoms with Crippen molar-refractivity contribution in [2.24, 2.45) is 0 Å². The lowest BCUT2D eigenvalue weighted by Crippen LogP contribution is -2.55. The van der Waals surface area contributed by atoms with Crippen molar-refractivity contribution in [3.8, 4) is 22.5 Å². The van der Waals surface area contributed by atoms with Gasteiger partial charge in [-0.3, -0.25) is 14.9 Å². The Kier molecular flexibility index (Phi) is 11.5. The van der Waals surface area contributed by atoms with Crippen LogP contribution in [-0.2, 0) is 29.1 Å². The number of hydrogen-bond donors (Lipinski definition) is 3. The number of H-pyrrole nitrogens is 1. The Labute approximate surface area is 293 Å². The molecule has 0 bridgehead atoms. The zero-order valence-electron chi connectivity index (χ0n) is 27.5. The van der Waals surface area contributed by atoms with Gasteiger partial charge in [0, 0.05) is 18.3 Å². The molecule has 2 unspecified atom stereocenters. The molecule has 0 aliphatic rings. The van der Waals surface area contributed by atoms with E-state index >= 15 is 4.39 Å². The number of nitrogens with one attached hydrogen (secondary N) is 3. The monoisotopic (exact) mass is 687 g/mol. The topological polar surface area (TPSA) is 118 Å². The van der Waals surface area contributed by atoms with Crippen LogP contribution in [0.4, 0.5) is 13.6 Å². The summed E-state index contributed by atoms with van der Waals surface area (Å²) in [6.07, 6.45) is 1.13. The number of nitrogens with zero attached hydrogens (tertiary/aromatic N) is 2. The predicted molar refractivity (Wildman–Crippen MR) is 188 cm³/mol. The molecule has 2 heterocycles. The Balaban J connectivity index is 1.27. The minimum atomic E-state index is -0.796. The number of rotatable bonds is 14. The van der Waals surface area contributed by atoms with Gasteiger partial charge in [0.15, 0.2) is 0 Å². The minimum absolute atomic E-state index is 0.00349. The zero-order chi connectivity index (χ0) is 35.4. The summed E-state index contributed by atoms with van der Waals surface area (Å²) in [4.78, 5) is 31.8. The first-order valence-corrected chi connectivity index (χ1v) is 16.3. The normalized spacial score (nSPS) is 12.1. The van der Waals surface area contributed by atoms with Gasteiger partial charge >= 0.3 is 6.09 Å². The first kappa shape index (κ1) is 34.7. The number of hydrogen-bond acceptors (Lipinski definition) is 6. The standard InChI is InChI=1S/C40H35F2N5O4/c41-30-19-17-29(18-20-30)34-23-36(47-46-34)38-32(15-9-16-33(38)42)39(48)44-35(22-31-14-7-8-21-43-31)37(26-50-24-27-10-3-1-4-11-27)45-40(49)51-25-28-12-5-2-6-13-28/h1-21,23,35,37H,22,24-26H2,(H,44,48)(H,45,49)(H,46,47). The summed E-state index contributed by atoms with van der Waals surface area (Å²) in [7, 11) is 0. The van der Waals surface area contributed by atoms with Gasteiger partial charge in [-0.05, 0) is 71.3 Å². The molecule has 6 rings (SSSR count). The summed E-state index contributed by atoms with van der Waals surface area (Å²) in [5.74, 6) is -1.66. The number of carbonyl (C=O) groups is 2. The maximum absolute atomic E-state index is 15.5. The number of benzene rings is 4. The predicted octanol–water partition coefficient (Wildman–Crippen LogP) is 7.27. The smallest absolute Gasteiger partial charge is 0.407 e. The molecule has 4 aromatic carbocycles. The number of halogens is 2. The number of pyridine rings is 1. The highest BCUT2D eigenvalue weighted by molar-refractivity contribution is 6.01. The molecule has 0 spiro atoms. The van der Waals surface area contributed by atoms with Gasteiger partial charge in [-0.15, -0.1) is 0 Å². The molecule has 0 saturated carbocycles. The number of amides is 2. The number of ether oxygens (including phenoxy) is 2. The summed E-state index contributed by atoms with van der Waals surface area (Å²) >= 11 is 0. The Morgan fingerprint density at radius 1 is 0.745 bits per heavy atom. The third-order valence-electron chi connectivity index (χ3n) is 8.13. The van der Waals surface area contributed by atoms with Gasteiger partial charge in [0.1, 0.15) is 18.2 Å². The summed E-state index contributed by atoms with van der Waals surface area (Å²) < 4.78 is 40.7. The van der Waals surface area contributed by atoms with E-state index < -0.39 is 35.7 Å². The molecular formula is C40H35F2N5O4. The molecule has 0 aliphatic carbocycles. The lowest BCUT2D eigenvalue weighted by atomic mass is 9.99. The van der Waals surface area contributed by atoms with E-state index in [1.54, 1.807) is 30.5 Å². The Morgan fingerprint density at radius 3 is 2.16 bits per heavy atom. The van der Waals surface area contributed by atoms with Crippen molar-refractivity contribution in [3.05, 3.63) is 168 Å². The second-order valence-corrected chi connectivity index (χ2v) is 11.8. The van der Waals surface area contributed by atoms with Gasteiger partial charge in [0.25, 0.3) is 5.91 Å². The average Bonchev–Trinajstić information content (AvgIpc) is 3.64. The SMILES string of the molecule is O=C(NC(COCc1ccccc1)C(Cc1ccccn1)NC(=O)c1cccc(F)c1-c1cc(-c2ccc(F)cc2)[nH]n1)OCc1ccccc1. The van der Waals surface area contributed by atoms with Crippen molar-refractivity contribution in [1.29, 1.82) is 0 Å². The van der Waals surface area contributed by atoms with Crippen LogP contribution in [0.1, 0.15) is 27.2 Å². The van der Waals surface area contributed by atoms with Crippen LogP contribution in [-0.4, -0.2) is 45.9 Å². The summed E-state index contributed by atoms with van der Waals surface area (Å²) in [5.41, 5.74) is 3.71. The first-order chi connectivity index (χ1) is 24.9. The highest BCUT2D eigenvalue weighted by atomic mass is 19.1. The Morgan fingerprint density at radius 2 is 1.45 bits per heavy atom. The molecule has 0 saturated heterocycles. The van der Waals surface area contributed by atoms with Gasteiger partial charge in [-0.1, -0.05) is 72.8 Å². The largest absolute Gasteiger partial charge is 0.445 e. The second-order valence-electron chi connectivity index (χ2n) is 11.8. The fourth-order valence-electron chi connectivity index (χ4n) is 5.54. The maximum atomic E-state index is 15.5. The molecule has 2 aromatic heterocycles. The third-order valence-corrected chi connectivity index (χ3v) is 8.13. The van der Waals surface area contributed by atoms with E-state index in [0.29, 0.717) is 17.0 Å². The number of aromatic amines is 1. The van der Waals surface area contributed by atoms with Crippen molar-refractivity contribution >= 4 is 12.0 Å². The van der Waals surface area contributed by atoms with E-state index in [1.165, 1.54) is 30.3 Å². The molecule has 11 heteroatoms. The van der Waals surface area contributed by atoms with Gasteiger partial charge in [-0.25, -0.2) is 13.6 Å². The van der Waals surface area contributed by atoms with E-state index in [0.717, 1.165) is 11.1 Å². The van der Waals surface area contributed by atoms with E-state index in [1.807, 2.05) is 72.8 Å². The van der Waals surface area contributed by atoms with Crippen LogP contribution in [0.15, 0.2) is 134 Å². The highest BCUT2D eigenvalue weighted by Crippen LogP contribution is 2.29. The van der Waals surface area contributed by atoms with Crippen LogP contribution in [0.25, 0.3) is 22.5 Å². The fourth-order valence-corrected chi connectivity index (χ4v) is 5.54. The van der Waals surface area contributed by atoms with Crippen molar-refractivity contribution < 1.29 is 27.8 Å². The Bertz CT molecular complexity index is 2030. The van der Waals surface area contributed by atoms with Crippen molar-refractivity contribution in [3.63, 3.8) is 0 Å². The van der Waals surface area contributed by atoms with Crippen molar-refractivity contribution in [2.75, 3.05) is 6.61 Å². The Hall–Kier alpha value is -6.20. The molecule has 0 aliphatic heterocycles. The molecule has 3 N–H and O–H groups in total. The molecule has 9 nitrogen and oxygen atoms in total. The summed E-state index contributed by atoms with van der Waals surface area (Å²) in [6.45, 7) is 0.299. The molecule has 0 radical (unpaired) electrons. The molecule has 0 fully saturated rings. The van der Waals surface area contributed by atoms with E-state index in [-0.39, 0.29) is 43.1 Å². The quantitative estimate of drug-likeness (QED) is 0.111. The molecular weight excluding hydrogens is 652 g/mol. The molecule has 258 valence electrons. The number of aromatic nitrogens is 3. The first-order valence-electron chi connectivity index (χ1n) is 16.3. The van der Waals surface area contributed by atoms with Gasteiger partial charge in [-0.2, -0.15) is 5.10 Å².